The molecule has 3 aromatic rings. The third-order valence-electron chi connectivity index (χ3n) is 3.98. The highest BCUT2D eigenvalue weighted by atomic mass is 79.9. The Labute approximate surface area is 159 Å². The van der Waals surface area contributed by atoms with E-state index in [1.165, 1.54) is 0 Å². The largest absolute Gasteiger partial charge is 0.496 e. The number of amides is 1. The number of carbonyl (C=O) groups excluding carboxylic acids is 1. The molecule has 0 saturated carbocycles. The number of hydrogen-bond acceptors (Lipinski definition) is 3. The van der Waals surface area contributed by atoms with Gasteiger partial charge < -0.3 is 14.6 Å². The maximum Gasteiger partial charge on any atom is 0.267 e. The zero-order chi connectivity index (χ0) is 18.0. The van der Waals surface area contributed by atoms with Gasteiger partial charge in [0, 0.05) is 12.1 Å². The molecule has 0 unspecified atom stereocenters. The van der Waals surface area contributed by atoms with Crippen molar-refractivity contribution in [2.45, 2.75) is 20.4 Å². The first-order valence-electron chi connectivity index (χ1n) is 8.18. The van der Waals surface area contributed by atoms with E-state index in [0.717, 1.165) is 25.3 Å². The summed E-state index contributed by atoms with van der Waals surface area (Å²) in [5, 5.41) is 3.02. The van der Waals surface area contributed by atoms with E-state index in [4.69, 9.17) is 4.74 Å². The van der Waals surface area contributed by atoms with Crippen LogP contribution in [-0.4, -0.2) is 24.1 Å². The molecule has 0 spiro atoms. The number of methoxy groups -OCH3 is 1. The van der Waals surface area contributed by atoms with E-state index in [-0.39, 0.29) is 5.91 Å². The van der Waals surface area contributed by atoms with E-state index < -0.39 is 0 Å². The van der Waals surface area contributed by atoms with E-state index in [1.54, 1.807) is 18.4 Å². The molecule has 3 rings (SSSR count). The van der Waals surface area contributed by atoms with Crippen LogP contribution in [0.4, 0.5) is 0 Å². The molecule has 0 saturated heterocycles. The molecule has 0 aliphatic heterocycles. The minimum absolute atomic E-state index is 0.0388. The lowest BCUT2D eigenvalue weighted by Gasteiger charge is -2.14. The van der Waals surface area contributed by atoms with Crippen molar-refractivity contribution < 1.29 is 9.53 Å². The summed E-state index contributed by atoms with van der Waals surface area (Å²) in [5.74, 6) is 1.20. The number of nitrogens with zero attached hydrogens (tertiary/aromatic N) is 1. The molecule has 2 heterocycles. The van der Waals surface area contributed by atoms with Gasteiger partial charge in [0.05, 0.1) is 27.7 Å². The third-order valence-corrected chi connectivity index (χ3v) is 5.56. The Bertz CT molecular complexity index is 898. The van der Waals surface area contributed by atoms with Crippen LogP contribution in [0, 0.1) is 5.92 Å². The molecule has 0 atom stereocenters. The Morgan fingerprint density at radius 2 is 2.08 bits per heavy atom. The monoisotopic (exact) mass is 420 g/mol. The summed E-state index contributed by atoms with van der Waals surface area (Å²) in [5.41, 5.74) is 2.78. The lowest BCUT2D eigenvalue weighted by atomic mass is 10.2. The number of rotatable bonds is 6. The summed E-state index contributed by atoms with van der Waals surface area (Å²) in [6.07, 6.45) is 0. The normalized spacial score (nSPS) is 11.2. The number of thiophene rings is 1. The first kappa shape index (κ1) is 18.0. The predicted octanol–water partition coefficient (Wildman–Crippen LogP) is 4.91. The summed E-state index contributed by atoms with van der Waals surface area (Å²) >= 11 is 5.18. The SMILES string of the molecule is COc1ccccc1Cn1c(C(=O)NCC(C)C)cc2sc(Br)cc21. The molecule has 1 amide bonds. The highest BCUT2D eigenvalue weighted by Gasteiger charge is 2.18. The molecule has 1 aromatic carbocycles. The summed E-state index contributed by atoms with van der Waals surface area (Å²) in [6, 6.07) is 11.9. The molecule has 0 fully saturated rings. The van der Waals surface area contributed by atoms with Gasteiger partial charge in [-0.15, -0.1) is 11.3 Å². The lowest BCUT2D eigenvalue weighted by Crippen LogP contribution is -2.29. The van der Waals surface area contributed by atoms with Gasteiger partial charge in [0.2, 0.25) is 0 Å². The van der Waals surface area contributed by atoms with E-state index in [2.05, 4.69) is 45.7 Å². The van der Waals surface area contributed by atoms with Crippen LogP contribution < -0.4 is 10.1 Å². The van der Waals surface area contributed by atoms with Crippen molar-refractivity contribution >= 4 is 43.4 Å². The minimum Gasteiger partial charge on any atom is -0.496 e. The predicted molar refractivity (Wildman–Crippen MR) is 107 cm³/mol. The second-order valence-electron chi connectivity index (χ2n) is 6.33. The van der Waals surface area contributed by atoms with Crippen molar-refractivity contribution in [2.24, 2.45) is 5.92 Å². The Kier molecular flexibility index (Phi) is 5.49. The van der Waals surface area contributed by atoms with E-state index in [0.29, 0.717) is 24.7 Å². The number of para-hydroxylation sites is 1. The van der Waals surface area contributed by atoms with E-state index in [1.807, 2.05) is 30.3 Å². The smallest absolute Gasteiger partial charge is 0.267 e. The van der Waals surface area contributed by atoms with Gasteiger partial charge in [-0.05, 0) is 40.0 Å². The zero-order valence-electron chi connectivity index (χ0n) is 14.5. The topological polar surface area (TPSA) is 43.3 Å². The standard InChI is InChI=1S/C19H21BrN2O2S/c1-12(2)10-21-19(23)15-8-17-14(9-18(20)25-17)22(15)11-13-6-4-5-7-16(13)24-3/h4-9,12H,10-11H2,1-3H3,(H,21,23). The molecule has 132 valence electrons. The Morgan fingerprint density at radius 1 is 1.32 bits per heavy atom. The average molecular weight is 421 g/mol. The quantitative estimate of drug-likeness (QED) is 0.615. The zero-order valence-corrected chi connectivity index (χ0v) is 16.9. The fourth-order valence-corrected chi connectivity index (χ4v) is 4.33. The van der Waals surface area contributed by atoms with Gasteiger partial charge in [0.1, 0.15) is 11.4 Å². The molecule has 25 heavy (non-hydrogen) atoms. The third kappa shape index (κ3) is 3.90. The number of carbonyl (C=O) groups is 1. The minimum atomic E-state index is -0.0388. The van der Waals surface area contributed by atoms with E-state index in [9.17, 15) is 4.79 Å². The molecular weight excluding hydrogens is 400 g/mol. The van der Waals surface area contributed by atoms with Gasteiger partial charge in [0.25, 0.3) is 5.91 Å². The molecule has 1 N–H and O–H groups in total. The Hall–Kier alpha value is -1.79. The van der Waals surface area contributed by atoms with Crippen LogP contribution in [0.25, 0.3) is 10.2 Å². The summed E-state index contributed by atoms with van der Waals surface area (Å²) in [6.45, 7) is 5.42. The molecule has 4 nitrogen and oxygen atoms in total. The van der Waals surface area contributed by atoms with Crippen molar-refractivity contribution in [3.05, 3.63) is 51.4 Å². The van der Waals surface area contributed by atoms with Gasteiger partial charge in [-0.3, -0.25) is 4.79 Å². The molecule has 0 aliphatic carbocycles. The molecule has 0 aliphatic rings. The lowest BCUT2D eigenvalue weighted by molar-refractivity contribution is 0.0940. The number of nitrogens with one attached hydrogen (secondary N) is 1. The number of benzene rings is 1. The second kappa shape index (κ2) is 7.62. The molecule has 0 bridgehead atoms. The molecular formula is C19H21BrN2O2S. The van der Waals surface area contributed by atoms with Crippen LogP contribution in [0.2, 0.25) is 0 Å². The Balaban J connectivity index is 2.01. The Morgan fingerprint density at radius 3 is 2.80 bits per heavy atom. The van der Waals surface area contributed by atoms with Gasteiger partial charge in [-0.25, -0.2) is 0 Å². The van der Waals surface area contributed by atoms with Crippen LogP contribution in [0.3, 0.4) is 0 Å². The highest BCUT2D eigenvalue weighted by molar-refractivity contribution is 9.11. The fraction of sp³-hybridized carbons (Fsp3) is 0.316. The number of fused-ring (bicyclic) bond motifs is 1. The van der Waals surface area contributed by atoms with Gasteiger partial charge in [-0.2, -0.15) is 0 Å². The summed E-state index contributed by atoms with van der Waals surface area (Å²) in [4.78, 5) is 12.7. The van der Waals surface area contributed by atoms with Crippen LogP contribution in [-0.2, 0) is 6.54 Å². The molecule has 2 aromatic heterocycles. The van der Waals surface area contributed by atoms with E-state index >= 15 is 0 Å². The fourth-order valence-electron chi connectivity index (χ4n) is 2.76. The first-order valence-corrected chi connectivity index (χ1v) is 9.79. The van der Waals surface area contributed by atoms with Crippen molar-refractivity contribution in [2.75, 3.05) is 13.7 Å². The first-order chi connectivity index (χ1) is 12.0. The van der Waals surface area contributed by atoms with Crippen molar-refractivity contribution in [1.29, 1.82) is 0 Å². The molecule has 6 heteroatoms. The van der Waals surface area contributed by atoms with Crippen LogP contribution in [0.5, 0.6) is 5.75 Å². The number of aromatic nitrogens is 1. The van der Waals surface area contributed by atoms with Crippen LogP contribution in [0.1, 0.15) is 29.9 Å². The van der Waals surface area contributed by atoms with Gasteiger partial charge in [-0.1, -0.05) is 32.0 Å². The van der Waals surface area contributed by atoms with Crippen LogP contribution >= 0.6 is 27.3 Å². The summed E-state index contributed by atoms with van der Waals surface area (Å²) in [7, 11) is 1.67. The van der Waals surface area contributed by atoms with Gasteiger partial charge in [0.15, 0.2) is 0 Å². The number of ether oxygens (including phenoxy) is 1. The average Bonchev–Trinajstić information content (AvgIpc) is 3.10. The molecule has 0 radical (unpaired) electrons. The second-order valence-corrected chi connectivity index (χ2v) is 8.79. The maximum atomic E-state index is 12.7. The van der Waals surface area contributed by atoms with Crippen LogP contribution in [0.15, 0.2) is 40.2 Å². The summed E-state index contributed by atoms with van der Waals surface area (Å²) < 4.78 is 9.68. The van der Waals surface area contributed by atoms with Crippen molar-refractivity contribution in [3.63, 3.8) is 0 Å². The maximum absolute atomic E-state index is 12.7. The highest BCUT2D eigenvalue weighted by Crippen LogP contribution is 2.33. The number of halogens is 1. The van der Waals surface area contributed by atoms with Gasteiger partial charge >= 0.3 is 0 Å². The van der Waals surface area contributed by atoms with Crippen molar-refractivity contribution in [3.8, 4) is 5.75 Å². The van der Waals surface area contributed by atoms with Crippen molar-refractivity contribution in [1.82, 2.24) is 9.88 Å². The number of hydrogen-bond donors (Lipinski definition) is 1.